The molecule has 0 rings (SSSR count). The van der Waals surface area contributed by atoms with E-state index in [1.54, 1.807) is 34.6 Å². The van der Waals surface area contributed by atoms with E-state index in [2.05, 4.69) is 23.3 Å². The maximum atomic E-state index is 11.8. The third-order valence-corrected chi connectivity index (χ3v) is 2.19. The van der Waals surface area contributed by atoms with Gasteiger partial charge in [-0.05, 0) is 26.7 Å². The van der Waals surface area contributed by atoms with Crippen molar-refractivity contribution in [2.75, 3.05) is 6.54 Å². The zero-order chi connectivity index (χ0) is 15.2. The summed E-state index contributed by atoms with van der Waals surface area (Å²) in [6.07, 6.45) is -0.668. The van der Waals surface area contributed by atoms with Crippen LogP contribution in [0.1, 0.15) is 34.6 Å². The molecule has 6 nitrogen and oxygen atoms in total. The van der Waals surface area contributed by atoms with E-state index in [-0.39, 0.29) is 12.5 Å². The van der Waals surface area contributed by atoms with Gasteiger partial charge in [-0.1, -0.05) is 13.8 Å². The molecular weight excluding hydrogens is 268 g/mol. The van der Waals surface area contributed by atoms with Crippen LogP contribution in [0.25, 0.3) is 0 Å². The first-order valence-electron chi connectivity index (χ1n) is 6.02. The summed E-state index contributed by atoms with van der Waals surface area (Å²) in [6.45, 7) is 8.58. The monoisotopic (exact) mass is 290 g/mol. The minimum atomic E-state index is -0.762. The number of alkyl carbamates (subject to hydrolysis) is 1. The second kappa shape index (κ2) is 7.37. The molecule has 0 saturated carbocycles. The number of ether oxygens (including phenoxy) is 1. The largest absolute Gasteiger partial charge is 0.444 e. The molecule has 1 atom stereocenters. The Bertz CT molecular complexity index is 350. The lowest BCUT2D eigenvalue weighted by Crippen LogP contribution is -2.51. The minimum Gasteiger partial charge on any atom is -0.444 e. The highest BCUT2D eigenvalue weighted by molar-refractivity contribution is 7.96. The van der Waals surface area contributed by atoms with Gasteiger partial charge >= 0.3 is 6.09 Å². The Morgan fingerprint density at radius 1 is 1.21 bits per heavy atom. The van der Waals surface area contributed by atoms with Crippen molar-refractivity contribution < 1.29 is 19.1 Å². The number of carbonyl (C=O) groups is 3. The van der Waals surface area contributed by atoms with Gasteiger partial charge in [-0.15, -0.1) is 12.6 Å². The number of hydrogen-bond acceptors (Lipinski definition) is 4. The van der Waals surface area contributed by atoms with Gasteiger partial charge in [-0.25, -0.2) is 4.79 Å². The summed E-state index contributed by atoms with van der Waals surface area (Å²) >= 11 is 3.55. The molecule has 2 N–H and O–H groups in total. The van der Waals surface area contributed by atoms with Gasteiger partial charge in [0.2, 0.25) is 11.0 Å². The van der Waals surface area contributed by atoms with Crippen LogP contribution in [0.5, 0.6) is 0 Å². The van der Waals surface area contributed by atoms with Crippen LogP contribution in [0.3, 0.4) is 0 Å². The Morgan fingerprint density at radius 3 is 2.11 bits per heavy atom. The predicted molar refractivity (Wildman–Crippen MR) is 75.0 cm³/mol. The molecule has 0 aromatic carbocycles. The normalized spacial score (nSPS) is 12.8. The Kier molecular flexibility index (Phi) is 6.89. The van der Waals surface area contributed by atoms with Crippen molar-refractivity contribution in [3.8, 4) is 0 Å². The summed E-state index contributed by atoms with van der Waals surface area (Å²) in [5.41, 5.74) is -0.636. The lowest BCUT2D eigenvalue weighted by molar-refractivity contribution is -0.125. The zero-order valence-corrected chi connectivity index (χ0v) is 12.8. The van der Waals surface area contributed by atoms with E-state index in [1.807, 2.05) is 0 Å². The van der Waals surface area contributed by atoms with Crippen LogP contribution in [0.15, 0.2) is 0 Å². The molecule has 7 heteroatoms. The molecular formula is C12H22N2O4S. The molecule has 0 unspecified atom stereocenters. The van der Waals surface area contributed by atoms with Crippen LogP contribution < -0.4 is 10.6 Å². The first-order valence-corrected chi connectivity index (χ1v) is 6.46. The molecule has 110 valence electrons. The smallest absolute Gasteiger partial charge is 0.408 e. The predicted octanol–water partition coefficient (Wildman–Crippen LogP) is 1.11. The van der Waals surface area contributed by atoms with Crippen LogP contribution in [0.4, 0.5) is 4.79 Å². The Morgan fingerprint density at radius 2 is 1.74 bits per heavy atom. The molecule has 0 aliphatic heterocycles. The summed E-state index contributed by atoms with van der Waals surface area (Å²) in [5.74, 6) is -0.578. The summed E-state index contributed by atoms with van der Waals surface area (Å²) in [4.78, 5) is 34.1. The average molecular weight is 290 g/mol. The highest BCUT2D eigenvalue weighted by Gasteiger charge is 2.26. The molecule has 2 amide bonds. The fourth-order valence-electron chi connectivity index (χ4n) is 1.24. The van der Waals surface area contributed by atoms with Crippen molar-refractivity contribution in [1.82, 2.24) is 10.6 Å². The molecule has 0 spiro atoms. The molecule has 0 heterocycles. The van der Waals surface area contributed by atoms with E-state index in [9.17, 15) is 14.4 Å². The maximum absolute atomic E-state index is 11.8. The van der Waals surface area contributed by atoms with Crippen molar-refractivity contribution in [1.29, 1.82) is 0 Å². The van der Waals surface area contributed by atoms with Gasteiger partial charge in [0.25, 0.3) is 0 Å². The van der Waals surface area contributed by atoms with Crippen LogP contribution in [-0.4, -0.2) is 35.3 Å². The number of hydrogen-bond donors (Lipinski definition) is 3. The van der Waals surface area contributed by atoms with Crippen LogP contribution in [-0.2, 0) is 14.3 Å². The van der Waals surface area contributed by atoms with E-state index < -0.39 is 28.8 Å². The Hall–Kier alpha value is -1.24. The maximum Gasteiger partial charge on any atom is 0.408 e. The number of nitrogens with one attached hydrogen (secondary N) is 2. The van der Waals surface area contributed by atoms with Gasteiger partial charge in [0.15, 0.2) is 0 Å². The molecule has 0 fully saturated rings. The van der Waals surface area contributed by atoms with Crippen molar-refractivity contribution >= 4 is 29.7 Å². The van der Waals surface area contributed by atoms with Crippen molar-refractivity contribution in [2.45, 2.75) is 46.3 Å². The van der Waals surface area contributed by atoms with Crippen molar-refractivity contribution in [3.05, 3.63) is 0 Å². The molecule has 0 aliphatic carbocycles. The number of thiol groups is 1. The number of rotatable bonds is 5. The number of amides is 2. The lowest BCUT2D eigenvalue weighted by Gasteiger charge is -2.25. The number of carbonyl (C=O) groups excluding carboxylic acids is 3. The van der Waals surface area contributed by atoms with Gasteiger partial charge in [0.1, 0.15) is 11.6 Å². The minimum absolute atomic E-state index is 0.137. The Balaban J connectivity index is 4.53. The van der Waals surface area contributed by atoms with Gasteiger partial charge in [-0.2, -0.15) is 0 Å². The molecule has 19 heavy (non-hydrogen) atoms. The van der Waals surface area contributed by atoms with E-state index >= 15 is 0 Å². The van der Waals surface area contributed by atoms with Crippen LogP contribution >= 0.6 is 12.6 Å². The summed E-state index contributed by atoms with van der Waals surface area (Å²) in [6, 6.07) is -0.762. The fourth-order valence-corrected chi connectivity index (χ4v) is 1.32. The third kappa shape index (κ3) is 8.47. The van der Waals surface area contributed by atoms with Crippen LogP contribution in [0, 0.1) is 5.92 Å². The molecule has 0 aromatic heterocycles. The molecule has 0 aromatic rings. The van der Waals surface area contributed by atoms with E-state index in [1.165, 1.54) is 0 Å². The fraction of sp³-hybridized carbons (Fsp3) is 0.750. The van der Waals surface area contributed by atoms with Gasteiger partial charge in [-0.3, -0.25) is 9.59 Å². The first kappa shape index (κ1) is 17.8. The van der Waals surface area contributed by atoms with Gasteiger partial charge in [0.05, 0.1) is 6.54 Å². The van der Waals surface area contributed by atoms with Gasteiger partial charge in [0, 0.05) is 0 Å². The Labute approximate surface area is 119 Å². The second-order valence-corrected chi connectivity index (χ2v) is 5.98. The van der Waals surface area contributed by atoms with Gasteiger partial charge < -0.3 is 15.4 Å². The summed E-state index contributed by atoms with van der Waals surface area (Å²) in [5, 5.41) is 4.43. The first-order chi connectivity index (χ1) is 8.53. The quantitative estimate of drug-likeness (QED) is 0.662. The van der Waals surface area contributed by atoms with Crippen molar-refractivity contribution in [3.63, 3.8) is 0 Å². The van der Waals surface area contributed by atoms with E-state index in [0.29, 0.717) is 0 Å². The lowest BCUT2D eigenvalue weighted by atomic mass is 10.0. The molecule has 0 aliphatic rings. The third-order valence-electron chi connectivity index (χ3n) is 2.04. The zero-order valence-electron chi connectivity index (χ0n) is 11.9. The average Bonchev–Trinajstić information content (AvgIpc) is 2.19. The summed E-state index contributed by atoms with van der Waals surface area (Å²) < 4.78 is 5.08. The molecule has 0 radical (unpaired) electrons. The second-order valence-electron chi connectivity index (χ2n) is 5.48. The highest BCUT2D eigenvalue weighted by atomic mass is 32.1. The van der Waals surface area contributed by atoms with E-state index in [0.717, 1.165) is 0 Å². The van der Waals surface area contributed by atoms with Crippen molar-refractivity contribution in [2.24, 2.45) is 5.92 Å². The summed E-state index contributed by atoms with van der Waals surface area (Å²) in [7, 11) is 0. The molecule has 0 saturated heterocycles. The standard InChI is InChI=1S/C12H22N2O4S/c1-7(2)9(10(16)13-6-8(15)19)14-11(17)18-12(3,4)5/h7,9H,6H2,1-5H3,(H,13,16)(H,14,17)(H,15,19)/t9-/m0/s1. The SMILES string of the molecule is CC(C)[C@H](NC(=O)OC(C)(C)C)C(=O)NCC(=O)S. The topological polar surface area (TPSA) is 84.5 Å². The van der Waals surface area contributed by atoms with E-state index in [4.69, 9.17) is 4.74 Å². The highest BCUT2D eigenvalue weighted by Crippen LogP contribution is 2.08. The van der Waals surface area contributed by atoms with Crippen LogP contribution in [0.2, 0.25) is 0 Å². The molecule has 0 bridgehead atoms.